The molecule has 1 amide bonds. The van der Waals surface area contributed by atoms with E-state index in [2.05, 4.69) is 33.9 Å². The number of rotatable bonds is 10. The van der Waals surface area contributed by atoms with Gasteiger partial charge in [0.2, 0.25) is 5.91 Å². The highest BCUT2D eigenvalue weighted by Gasteiger charge is 2.23. The number of methoxy groups -OCH3 is 1. The number of thioether (sulfide) groups is 1. The lowest BCUT2D eigenvalue weighted by atomic mass is 10.0. The van der Waals surface area contributed by atoms with Gasteiger partial charge in [-0.25, -0.2) is 4.79 Å². The molecule has 0 aliphatic heterocycles. The van der Waals surface area contributed by atoms with Crippen molar-refractivity contribution < 1.29 is 14.3 Å². The van der Waals surface area contributed by atoms with Crippen molar-refractivity contribution in [3.63, 3.8) is 0 Å². The first-order valence-corrected chi connectivity index (χ1v) is 14.4. The van der Waals surface area contributed by atoms with Gasteiger partial charge in [0, 0.05) is 33.3 Å². The number of ether oxygens (including phenoxy) is 1. The molecule has 0 unspecified atom stereocenters. The van der Waals surface area contributed by atoms with Crippen molar-refractivity contribution in [2.24, 2.45) is 0 Å². The molecule has 0 aliphatic carbocycles. The van der Waals surface area contributed by atoms with Gasteiger partial charge < -0.3 is 14.6 Å². The smallest absolute Gasteiger partial charge is 0.341 e. The second-order valence-electron chi connectivity index (χ2n) is 8.15. The summed E-state index contributed by atoms with van der Waals surface area (Å²) in [6.07, 6.45) is 2.15. The molecule has 0 bridgehead atoms. The minimum absolute atomic E-state index is 0.140. The normalized spacial score (nSPS) is 11.0. The zero-order chi connectivity index (χ0) is 25.7. The Morgan fingerprint density at radius 3 is 2.56 bits per heavy atom. The summed E-state index contributed by atoms with van der Waals surface area (Å²) in [7, 11) is 1.34. The SMILES string of the molecule is CCCc1cc(-c2nnc(SCC(=O)Nc3scc(-c4ccc(C)cc4)c3C(=O)OC)n2CC)cs1. The lowest BCUT2D eigenvalue weighted by Gasteiger charge is -2.09. The molecule has 1 N–H and O–H groups in total. The van der Waals surface area contributed by atoms with Crippen molar-refractivity contribution in [1.82, 2.24) is 14.8 Å². The van der Waals surface area contributed by atoms with Crippen molar-refractivity contribution in [1.29, 1.82) is 0 Å². The van der Waals surface area contributed by atoms with Gasteiger partial charge in [-0.3, -0.25) is 4.79 Å². The molecule has 0 atom stereocenters. The fourth-order valence-electron chi connectivity index (χ4n) is 3.76. The molecule has 188 valence electrons. The van der Waals surface area contributed by atoms with Crippen molar-refractivity contribution in [3.8, 4) is 22.5 Å². The van der Waals surface area contributed by atoms with E-state index in [-0.39, 0.29) is 11.7 Å². The van der Waals surface area contributed by atoms with Crippen LogP contribution >= 0.6 is 34.4 Å². The molecule has 0 saturated carbocycles. The first-order valence-electron chi connectivity index (χ1n) is 11.7. The first-order chi connectivity index (χ1) is 17.4. The predicted octanol–water partition coefficient (Wildman–Crippen LogP) is 6.53. The van der Waals surface area contributed by atoms with Gasteiger partial charge in [0.25, 0.3) is 0 Å². The third-order valence-electron chi connectivity index (χ3n) is 5.57. The Labute approximate surface area is 222 Å². The van der Waals surface area contributed by atoms with Gasteiger partial charge in [0.15, 0.2) is 11.0 Å². The minimum Gasteiger partial charge on any atom is -0.465 e. The van der Waals surface area contributed by atoms with E-state index in [9.17, 15) is 9.59 Å². The van der Waals surface area contributed by atoms with E-state index in [4.69, 9.17) is 4.74 Å². The third-order valence-corrected chi connectivity index (χ3v) is 8.43. The Hall–Kier alpha value is -2.95. The summed E-state index contributed by atoms with van der Waals surface area (Å²) in [6.45, 7) is 6.91. The molecule has 0 spiro atoms. The molecule has 7 nitrogen and oxygen atoms in total. The number of amides is 1. The topological polar surface area (TPSA) is 86.1 Å². The molecule has 0 radical (unpaired) electrons. The number of aryl methyl sites for hydroxylation is 2. The lowest BCUT2D eigenvalue weighted by Crippen LogP contribution is -2.16. The van der Waals surface area contributed by atoms with Crippen LogP contribution in [0.3, 0.4) is 0 Å². The maximum atomic E-state index is 12.9. The number of anilines is 1. The third kappa shape index (κ3) is 5.71. The fraction of sp³-hybridized carbons (Fsp3) is 0.308. The molecule has 0 aliphatic rings. The van der Waals surface area contributed by atoms with Gasteiger partial charge in [-0.2, -0.15) is 0 Å². The molecule has 0 saturated heterocycles. The number of nitrogens with zero attached hydrogens (tertiary/aromatic N) is 3. The van der Waals surface area contributed by atoms with Crippen LogP contribution in [0.25, 0.3) is 22.5 Å². The van der Waals surface area contributed by atoms with Crippen LogP contribution in [0.2, 0.25) is 0 Å². The molecule has 0 fully saturated rings. The molecule has 4 rings (SSSR count). The van der Waals surface area contributed by atoms with Crippen LogP contribution < -0.4 is 5.32 Å². The molecule has 4 aromatic rings. The second kappa shape index (κ2) is 11.9. The van der Waals surface area contributed by atoms with E-state index in [1.165, 1.54) is 35.1 Å². The summed E-state index contributed by atoms with van der Waals surface area (Å²) in [6, 6.07) is 10.1. The number of carbonyl (C=O) groups excluding carboxylic acids is 2. The van der Waals surface area contributed by atoms with Gasteiger partial charge in [0.05, 0.1) is 12.9 Å². The number of nitrogens with one attached hydrogen (secondary N) is 1. The molecule has 3 aromatic heterocycles. The highest BCUT2D eigenvalue weighted by Crippen LogP contribution is 2.36. The van der Waals surface area contributed by atoms with E-state index < -0.39 is 5.97 Å². The molecular weight excluding hydrogens is 513 g/mol. The molecule has 10 heteroatoms. The van der Waals surface area contributed by atoms with Crippen molar-refractivity contribution in [2.75, 3.05) is 18.2 Å². The van der Waals surface area contributed by atoms with Crippen LogP contribution in [-0.2, 0) is 22.5 Å². The number of thiophene rings is 2. The van der Waals surface area contributed by atoms with Gasteiger partial charge in [-0.1, -0.05) is 54.9 Å². The van der Waals surface area contributed by atoms with Crippen molar-refractivity contribution in [2.45, 2.75) is 45.3 Å². The van der Waals surface area contributed by atoms with E-state index in [0.29, 0.717) is 22.3 Å². The first kappa shape index (κ1) is 26.1. The van der Waals surface area contributed by atoms with E-state index >= 15 is 0 Å². The zero-order valence-electron chi connectivity index (χ0n) is 20.7. The second-order valence-corrected chi connectivity index (χ2v) is 11.0. The number of esters is 1. The standard InChI is InChI=1S/C26H28N4O3S3/c1-5-7-19-12-18(13-34-19)23-28-29-26(30(23)6-2)36-15-21(31)27-24-22(25(32)33-4)20(14-35-24)17-10-8-16(3)9-11-17/h8-14H,5-7,15H2,1-4H3,(H,27,31). The number of carbonyl (C=O) groups is 2. The zero-order valence-corrected chi connectivity index (χ0v) is 23.1. The summed E-state index contributed by atoms with van der Waals surface area (Å²) in [5.74, 6) is 0.244. The number of hydrogen-bond donors (Lipinski definition) is 1. The van der Waals surface area contributed by atoms with Crippen LogP contribution in [0.15, 0.2) is 46.2 Å². The predicted molar refractivity (Wildman–Crippen MR) is 148 cm³/mol. The molecule has 36 heavy (non-hydrogen) atoms. The van der Waals surface area contributed by atoms with Gasteiger partial charge >= 0.3 is 5.97 Å². The lowest BCUT2D eigenvalue weighted by molar-refractivity contribution is -0.113. The van der Waals surface area contributed by atoms with E-state index in [1.807, 2.05) is 48.1 Å². The Balaban J connectivity index is 1.48. The van der Waals surface area contributed by atoms with Crippen molar-refractivity contribution in [3.05, 3.63) is 57.1 Å². The van der Waals surface area contributed by atoms with Crippen molar-refractivity contribution >= 4 is 51.3 Å². The highest BCUT2D eigenvalue weighted by molar-refractivity contribution is 7.99. The largest absolute Gasteiger partial charge is 0.465 e. The summed E-state index contributed by atoms with van der Waals surface area (Å²) in [5, 5.41) is 16.8. The minimum atomic E-state index is -0.483. The van der Waals surface area contributed by atoms with Crippen LogP contribution in [0.5, 0.6) is 0 Å². The average molecular weight is 541 g/mol. The van der Waals surface area contributed by atoms with Gasteiger partial charge in [-0.15, -0.1) is 32.9 Å². The Morgan fingerprint density at radius 2 is 1.86 bits per heavy atom. The number of benzene rings is 1. The highest BCUT2D eigenvalue weighted by atomic mass is 32.2. The van der Waals surface area contributed by atoms with Crippen LogP contribution in [0.1, 0.15) is 41.1 Å². The van der Waals surface area contributed by atoms with E-state index in [0.717, 1.165) is 40.9 Å². The molecular formula is C26H28N4O3S3. The summed E-state index contributed by atoms with van der Waals surface area (Å²) in [4.78, 5) is 26.8. The monoisotopic (exact) mass is 540 g/mol. The molecule has 3 heterocycles. The van der Waals surface area contributed by atoms with Crippen LogP contribution in [0, 0.1) is 6.92 Å². The Bertz CT molecular complexity index is 1360. The maximum Gasteiger partial charge on any atom is 0.341 e. The van der Waals surface area contributed by atoms with Gasteiger partial charge in [-0.05, 0) is 31.9 Å². The Kier molecular flexibility index (Phi) is 8.60. The maximum absolute atomic E-state index is 12.9. The summed E-state index contributed by atoms with van der Waals surface area (Å²) < 4.78 is 7.04. The summed E-state index contributed by atoms with van der Waals surface area (Å²) in [5.41, 5.74) is 4.18. The number of hydrogen-bond acceptors (Lipinski definition) is 8. The Morgan fingerprint density at radius 1 is 1.08 bits per heavy atom. The van der Waals surface area contributed by atoms with E-state index in [1.54, 1.807) is 11.3 Å². The van der Waals surface area contributed by atoms with Gasteiger partial charge in [0.1, 0.15) is 10.6 Å². The molecule has 1 aromatic carbocycles. The van der Waals surface area contributed by atoms with Crippen LogP contribution in [0.4, 0.5) is 5.00 Å². The fourth-order valence-corrected chi connectivity index (χ4v) is 6.51. The average Bonchev–Trinajstić information content (AvgIpc) is 3.61. The number of aromatic nitrogens is 3. The quantitative estimate of drug-likeness (QED) is 0.182. The summed E-state index contributed by atoms with van der Waals surface area (Å²) >= 11 is 4.37. The van der Waals surface area contributed by atoms with Crippen LogP contribution in [-0.4, -0.2) is 39.5 Å².